The molecule has 7 heteroatoms. The quantitative estimate of drug-likeness (QED) is 0.364. The highest BCUT2D eigenvalue weighted by atomic mass is 19.1. The molecule has 5 nitrogen and oxygen atoms in total. The minimum Gasteiger partial charge on any atom is -0.444 e. The molecule has 0 radical (unpaired) electrons. The van der Waals surface area contributed by atoms with E-state index < -0.39 is 35.5 Å². The number of carbonyl (C=O) groups is 1. The Morgan fingerprint density at radius 3 is 2.08 bits per heavy atom. The first-order chi connectivity index (χ1) is 17.7. The van der Waals surface area contributed by atoms with E-state index in [0.717, 1.165) is 31.7 Å². The first-order valence-electron chi connectivity index (χ1n) is 13.7. The molecule has 0 aliphatic heterocycles. The molecule has 3 rings (SSSR count). The number of nitrogens with one attached hydrogen (secondary N) is 2. The molecule has 1 saturated carbocycles. The van der Waals surface area contributed by atoms with Crippen LogP contribution in [0.5, 0.6) is 0 Å². The Morgan fingerprint density at radius 2 is 1.55 bits per heavy atom. The standard InChI is InChI=1S/C31H44F2N2O3/c1-29(2,3)22-10-12-23(13-11-22)31(14-8-7-9-15-31)34-20-27(36)26(35-28(37)38-30(4,5)6)18-21-16-24(32)19-25(33)17-21/h10-13,16-17,19,26-27,34,36H,7-9,14-15,18,20H2,1-6H3,(H,35,37). The predicted octanol–water partition coefficient (Wildman–Crippen LogP) is 6.51. The van der Waals surface area contributed by atoms with Gasteiger partial charge in [0.1, 0.15) is 17.2 Å². The molecule has 210 valence electrons. The third-order valence-corrected chi connectivity index (χ3v) is 7.20. The molecule has 1 amide bonds. The van der Waals surface area contributed by atoms with Crippen LogP contribution in [-0.2, 0) is 22.1 Å². The van der Waals surface area contributed by atoms with Crippen LogP contribution < -0.4 is 10.6 Å². The van der Waals surface area contributed by atoms with Crippen molar-refractivity contribution < 1.29 is 23.4 Å². The minimum absolute atomic E-state index is 0.0457. The Labute approximate surface area is 226 Å². The number of benzene rings is 2. The van der Waals surface area contributed by atoms with Gasteiger partial charge in [-0.3, -0.25) is 0 Å². The van der Waals surface area contributed by atoms with Crippen LogP contribution >= 0.6 is 0 Å². The van der Waals surface area contributed by atoms with Crippen molar-refractivity contribution in [1.29, 1.82) is 0 Å². The lowest BCUT2D eigenvalue weighted by Crippen LogP contribution is -2.53. The van der Waals surface area contributed by atoms with E-state index in [1.54, 1.807) is 20.8 Å². The van der Waals surface area contributed by atoms with Gasteiger partial charge in [0.2, 0.25) is 0 Å². The molecule has 2 atom stereocenters. The second-order valence-corrected chi connectivity index (χ2v) is 12.7. The molecule has 2 aromatic rings. The van der Waals surface area contributed by atoms with Crippen molar-refractivity contribution in [3.05, 3.63) is 70.8 Å². The lowest BCUT2D eigenvalue weighted by molar-refractivity contribution is 0.0408. The molecular formula is C31H44F2N2O3. The summed E-state index contributed by atoms with van der Waals surface area (Å²) in [5.74, 6) is -1.41. The molecule has 2 aromatic carbocycles. The fourth-order valence-corrected chi connectivity index (χ4v) is 5.18. The molecule has 0 bridgehead atoms. The summed E-state index contributed by atoms with van der Waals surface area (Å²) < 4.78 is 33.1. The monoisotopic (exact) mass is 530 g/mol. The molecule has 38 heavy (non-hydrogen) atoms. The van der Waals surface area contributed by atoms with E-state index in [1.165, 1.54) is 29.7 Å². The number of alkyl carbamates (subject to hydrolysis) is 1. The second-order valence-electron chi connectivity index (χ2n) is 12.7. The van der Waals surface area contributed by atoms with Crippen molar-refractivity contribution in [3.63, 3.8) is 0 Å². The topological polar surface area (TPSA) is 70.6 Å². The Balaban J connectivity index is 1.81. The van der Waals surface area contributed by atoms with E-state index in [2.05, 4.69) is 55.7 Å². The van der Waals surface area contributed by atoms with Crippen LogP contribution in [0.25, 0.3) is 0 Å². The summed E-state index contributed by atoms with van der Waals surface area (Å²) in [5.41, 5.74) is 1.81. The second kappa shape index (κ2) is 12.1. The maximum atomic E-state index is 13.9. The van der Waals surface area contributed by atoms with Gasteiger partial charge in [-0.1, -0.05) is 64.3 Å². The average Bonchev–Trinajstić information content (AvgIpc) is 2.80. The van der Waals surface area contributed by atoms with E-state index in [4.69, 9.17) is 4.74 Å². The van der Waals surface area contributed by atoms with Gasteiger partial charge in [-0.2, -0.15) is 0 Å². The van der Waals surface area contributed by atoms with Crippen LogP contribution in [0.2, 0.25) is 0 Å². The van der Waals surface area contributed by atoms with Gasteiger partial charge in [0.05, 0.1) is 12.1 Å². The average molecular weight is 531 g/mol. The fraction of sp³-hybridized carbons (Fsp3) is 0.581. The number of halogens is 2. The molecule has 2 unspecified atom stereocenters. The van der Waals surface area contributed by atoms with E-state index in [9.17, 15) is 18.7 Å². The number of hydrogen-bond donors (Lipinski definition) is 3. The van der Waals surface area contributed by atoms with E-state index >= 15 is 0 Å². The summed E-state index contributed by atoms with van der Waals surface area (Å²) in [6.45, 7) is 12.0. The first-order valence-corrected chi connectivity index (χ1v) is 13.7. The van der Waals surface area contributed by atoms with Crippen LogP contribution in [-0.4, -0.2) is 35.5 Å². The van der Waals surface area contributed by atoms with Crippen molar-refractivity contribution in [1.82, 2.24) is 10.6 Å². The summed E-state index contributed by atoms with van der Waals surface area (Å²) in [5, 5.41) is 17.6. The highest BCUT2D eigenvalue weighted by Gasteiger charge is 2.35. The van der Waals surface area contributed by atoms with Gasteiger partial charge in [-0.05, 0) is 74.3 Å². The number of carbonyl (C=O) groups excluding carboxylic acids is 1. The maximum absolute atomic E-state index is 13.9. The van der Waals surface area contributed by atoms with E-state index in [-0.39, 0.29) is 23.9 Å². The summed E-state index contributed by atoms with van der Waals surface area (Å²) in [6, 6.07) is 11.1. The number of ether oxygens (including phenoxy) is 1. The van der Waals surface area contributed by atoms with Gasteiger partial charge in [-0.15, -0.1) is 0 Å². The molecular weight excluding hydrogens is 486 g/mol. The zero-order valence-electron chi connectivity index (χ0n) is 23.7. The summed E-state index contributed by atoms with van der Waals surface area (Å²) in [7, 11) is 0. The fourth-order valence-electron chi connectivity index (χ4n) is 5.18. The SMILES string of the molecule is CC(C)(C)OC(=O)NC(Cc1cc(F)cc(F)c1)C(O)CNC1(c2ccc(C(C)(C)C)cc2)CCCCC1. The molecule has 0 aromatic heterocycles. The lowest BCUT2D eigenvalue weighted by atomic mass is 9.75. The van der Waals surface area contributed by atoms with E-state index in [0.29, 0.717) is 5.56 Å². The van der Waals surface area contributed by atoms with Crippen LogP contribution in [0.3, 0.4) is 0 Å². The van der Waals surface area contributed by atoms with Crippen molar-refractivity contribution in [3.8, 4) is 0 Å². The van der Waals surface area contributed by atoms with Gasteiger partial charge in [0, 0.05) is 18.2 Å². The van der Waals surface area contributed by atoms with Crippen LogP contribution in [0, 0.1) is 11.6 Å². The first kappa shape index (κ1) is 30.0. The Kier molecular flexibility index (Phi) is 9.58. The van der Waals surface area contributed by atoms with Gasteiger partial charge in [0.15, 0.2) is 0 Å². The maximum Gasteiger partial charge on any atom is 0.407 e. The number of aliphatic hydroxyl groups excluding tert-OH is 1. The highest BCUT2D eigenvalue weighted by Crippen LogP contribution is 2.38. The van der Waals surface area contributed by atoms with Gasteiger partial charge < -0.3 is 20.5 Å². The van der Waals surface area contributed by atoms with Gasteiger partial charge in [0.25, 0.3) is 0 Å². The zero-order valence-corrected chi connectivity index (χ0v) is 23.7. The smallest absolute Gasteiger partial charge is 0.407 e. The number of hydrogen-bond acceptors (Lipinski definition) is 4. The molecule has 0 heterocycles. The molecule has 1 fully saturated rings. The Bertz CT molecular complexity index is 1050. The molecule has 3 N–H and O–H groups in total. The molecule has 0 saturated heterocycles. The molecule has 1 aliphatic carbocycles. The van der Waals surface area contributed by atoms with Crippen molar-refractivity contribution in [2.24, 2.45) is 0 Å². The van der Waals surface area contributed by atoms with Crippen LogP contribution in [0.15, 0.2) is 42.5 Å². The molecule has 0 spiro atoms. The largest absolute Gasteiger partial charge is 0.444 e. The summed E-state index contributed by atoms with van der Waals surface area (Å²) in [4.78, 5) is 12.6. The zero-order chi connectivity index (χ0) is 28.1. The van der Waals surface area contributed by atoms with Gasteiger partial charge in [-0.25, -0.2) is 13.6 Å². The van der Waals surface area contributed by atoms with Crippen molar-refractivity contribution in [2.45, 2.75) is 109 Å². The number of amides is 1. The van der Waals surface area contributed by atoms with Gasteiger partial charge >= 0.3 is 6.09 Å². The minimum atomic E-state index is -1.03. The number of aliphatic hydroxyl groups is 1. The predicted molar refractivity (Wildman–Crippen MR) is 147 cm³/mol. The lowest BCUT2D eigenvalue weighted by Gasteiger charge is -2.40. The third-order valence-electron chi connectivity index (χ3n) is 7.20. The van der Waals surface area contributed by atoms with Crippen molar-refractivity contribution in [2.75, 3.05) is 6.54 Å². The highest BCUT2D eigenvalue weighted by molar-refractivity contribution is 5.68. The van der Waals surface area contributed by atoms with Crippen LogP contribution in [0.4, 0.5) is 13.6 Å². The number of rotatable bonds is 8. The molecule has 1 aliphatic rings. The summed E-state index contributed by atoms with van der Waals surface area (Å²) in [6.07, 6.45) is 3.52. The third kappa shape index (κ3) is 8.50. The Morgan fingerprint density at radius 1 is 0.974 bits per heavy atom. The van der Waals surface area contributed by atoms with Crippen molar-refractivity contribution >= 4 is 6.09 Å². The normalized spacial score (nSPS) is 17.5. The van der Waals surface area contributed by atoms with Crippen LogP contribution in [0.1, 0.15) is 90.3 Å². The summed E-state index contributed by atoms with van der Waals surface area (Å²) >= 11 is 0. The van der Waals surface area contributed by atoms with E-state index in [1.807, 2.05) is 0 Å². The Hall–Kier alpha value is -2.51.